The van der Waals surface area contributed by atoms with Crippen LogP contribution in [0.25, 0.3) is 10.2 Å². The molecule has 1 aromatic carbocycles. The minimum atomic E-state index is 0.0259. The van der Waals surface area contributed by atoms with Crippen molar-refractivity contribution in [1.82, 2.24) is 10.4 Å². The number of fused-ring (bicyclic) bond motifs is 1. The first-order chi connectivity index (χ1) is 9.26. The van der Waals surface area contributed by atoms with Crippen molar-refractivity contribution in [3.8, 4) is 0 Å². The first-order valence-electron chi connectivity index (χ1n) is 6.12. The minimum absolute atomic E-state index is 0.0259. The van der Waals surface area contributed by atoms with Gasteiger partial charge in [0, 0.05) is 12.0 Å². The van der Waals surface area contributed by atoms with Crippen LogP contribution in [0, 0.1) is 6.92 Å². The van der Waals surface area contributed by atoms with Crippen molar-refractivity contribution in [3.63, 3.8) is 0 Å². The smallest absolute Gasteiger partial charge is 0.101 e. The normalized spacial score (nSPS) is 12.9. The molecule has 1 unspecified atom stereocenters. The molecule has 5 heteroatoms. The summed E-state index contributed by atoms with van der Waals surface area (Å²) < 4.78 is 6.54. The Bertz CT molecular complexity index is 656. The van der Waals surface area contributed by atoms with E-state index in [9.17, 15) is 0 Å². The van der Waals surface area contributed by atoms with Crippen LogP contribution in [0.5, 0.6) is 0 Å². The van der Waals surface area contributed by atoms with Gasteiger partial charge in [0.15, 0.2) is 0 Å². The largest absolute Gasteiger partial charge is 0.469 e. The molecule has 2 heterocycles. The Morgan fingerprint density at radius 3 is 2.95 bits per heavy atom. The SMILES string of the molecule is Cc1cc(C(Cc2nc3ccccc3s2)NN)co1. The summed E-state index contributed by atoms with van der Waals surface area (Å²) in [7, 11) is 0. The van der Waals surface area contributed by atoms with Crippen LogP contribution in [0.3, 0.4) is 0 Å². The van der Waals surface area contributed by atoms with Crippen molar-refractivity contribution in [2.45, 2.75) is 19.4 Å². The molecule has 98 valence electrons. The Balaban J connectivity index is 1.86. The predicted molar refractivity (Wildman–Crippen MR) is 76.8 cm³/mol. The average molecular weight is 273 g/mol. The second-order valence-corrected chi connectivity index (χ2v) is 5.60. The standard InChI is InChI=1S/C14H15N3OS/c1-9-6-10(8-18-9)12(17-15)7-14-16-11-4-2-3-5-13(11)19-14/h2-6,8,12,17H,7,15H2,1H3. The zero-order valence-corrected chi connectivity index (χ0v) is 11.4. The summed E-state index contributed by atoms with van der Waals surface area (Å²) in [6.07, 6.45) is 2.50. The molecule has 0 aliphatic heterocycles. The number of hydrogen-bond acceptors (Lipinski definition) is 5. The van der Waals surface area contributed by atoms with Crippen molar-refractivity contribution >= 4 is 21.6 Å². The van der Waals surface area contributed by atoms with Gasteiger partial charge < -0.3 is 4.42 Å². The van der Waals surface area contributed by atoms with Crippen molar-refractivity contribution in [1.29, 1.82) is 0 Å². The maximum atomic E-state index is 5.64. The van der Waals surface area contributed by atoms with E-state index in [2.05, 4.69) is 16.5 Å². The highest BCUT2D eigenvalue weighted by Gasteiger charge is 2.15. The number of benzene rings is 1. The topological polar surface area (TPSA) is 64.1 Å². The van der Waals surface area contributed by atoms with Crippen LogP contribution < -0.4 is 11.3 Å². The predicted octanol–water partition coefficient (Wildman–Crippen LogP) is 2.94. The Kier molecular flexibility index (Phi) is 3.33. The van der Waals surface area contributed by atoms with Gasteiger partial charge in [-0.3, -0.25) is 11.3 Å². The van der Waals surface area contributed by atoms with Crippen LogP contribution in [-0.2, 0) is 6.42 Å². The van der Waals surface area contributed by atoms with Gasteiger partial charge in [0.2, 0.25) is 0 Å². The number of nitrogens with two attached hydrogens (primary N) is 1. The molecule has 0 radical (unpaired) electrons. The molecule has 0 bridgehead atoms. The van der Waals surface area contributed by atoms with Crippen molar-refractivity contribution in [3.05, 3.63) is 52.9 Å². The van der Waals surface area contributed by atoms with E-state index in [0.29, 0.717) is 0 Å². The van der Waals surface area contributed by atoms with Crippen molar-refractivity contribution in [2.75, 3.05) is 0 Å². The van der Waals surface area contributed by atoms with Gasteiger partial charge >= 0.3 is 0 Å². The number of nitrogens with one attached hydrogen (secondary N) is 1. The van der Waals surface area contributed by atoms with Gasteiger partial charge in [0.1, 0.15) is 5.76 Å². The average Bonchev–Trinajstić information content (AvgIpc) is 3.01. The Morgan fingerprint density at radius 2 is 2.26 bits per heavy atom. The third-order valence-corrected chi connectivity index (χ3v) is 4.13. The van der Waals surface area contributed by atoms with Crippen molar-refractivity contribution < 1.29 is 4.42 Å². The van der Waals surface area contributed by atoms with Gasteiger partial charge in [0.25, 0.3) is 0 Å². The minimum Gasteiger partial charge on any atom is -0.469 e. The number of furan rings is 1. The molecule has 4 nitrogen and oxygen atoms in total. The second-order valence-electron chi connectivity index (χ2n) is 4.49. The monoisotopic (exact) mass is 273 g/mol. The van der Waals surface area contributed by atoms with Crippen LogP contribution in [0.2, 0.25) is 0 Å². The van der Waals surface area contributed by atoms with Gasteiger partial charge in [-0.15, -0.1) is 11.3 Å². The van der Waals surface area contributed by atoms with Crippen LogP contribution >= 0.6 is 11.3 Å². The molecule has 3 rings (SSSR count). The summed E-state index contributed by atoms with van der Waals surface area (Å²) >= 11 is 1.71. The van der Waals surface area contributed by atoms with Gasteiger partial charge in [0.05, 0.1) is 27.5 Å². The molecule has 2 aromatic heterocycles. The number of hydrogen-bond donors (Lipinski definition) is 2. The highest BCUT2D eigenvalue weighted by molar-refractivity contribution is 7.18. The summed E-state index contributed by atoms with van der Waals surface area (Å²) in [5, 5.41) is 1.07. The third kappa shape index (κ3) is 2.53. The fourth-order valence-corrected chi connectivity index (χ4v) is 3.11. The Morgan fingerprint density at radius 1 is 1.42 bits per heavy atom. The van der Waals surface area contributed by atoms with Crippen LogP contribution in [0.1, 0.15) is 22.4 Å². The van der Waals surface area contributed by atoms with Crippen molar-refractivity contribution in [2.24, 2.45) is 5.84 Å². The Hall–Kier alpha value is -1.69. The molecule has 0 amide bonds. The van der Waals surface area contributed by atoms with Gasteiger partial charge in [-0.1, -0.05) is 12.1 Å². The molecule has 0 saturated heterocycles. The molecule has 3 N–H and O–H groups in total. The summed E-state index contributed by atoms with van der Waals surface area (Å²) in [4.78, 5) is 4.63. The molecule has 0 aliphatic carbocycles. The molecule has 1 atom stereocenters. The molecular weight excluding hydrogens is 258 g/mol. The van der Waals surface area contributed by atoms with E-state index in [1.807, 2.05) is 31.2 Å². The zero-order chi connectivity index (χ0) is 13.2. The lowest BCUT2D eigenvalue weighted by molar-refractivity contribution is 0.511. The van der Waals surface area contributed by atoms with E-state index < -0.39 is 0 Å². The fourth-order valence-electron chi connectivity index (χ4n) is 2.10. The van der Waals surface area contributed by atoms with E-state index >= 15 is 0 Å². The number of para-hydroxylation sites is 1. The van der Waals surface area contributed by atoms with E-state index in [-0.39, 0.29) is 6.04 Å². The molecule has 0 spiro atoms. The highest BCUT2D eigenvalue weighted by atomic mass is 32.1. The number of aromatic nitrogens is 1. The lowest BCUT2D eigenvalue weighted by atomic mass is 10.1. The van der Waals surface area contributed by atoms with Crippen LogP contribution in [0.15, 0.2) is 41.0 Å². The number of rotatable bonds is 4. The van der Waals surface area contributed by atoms with Crippen LogP contribution in [-0.4, -0.2) is 4.98 Å². The number of thiazole rings is 1. The zero-order valence-electron chi connectivity index (χ0n) is 10.6. The molecule has 0 aliphatic rings. The summed E-state index contributed by atoms with van der Waals surface area (Å²) in [6.45, 7) is 1.93. The van der Waals surface area contributed by atoms with Gasteiger partial charge in [-0.05, 0) is 25.1 Å². The molecule has 19 heavy (non-hydrogen) atoms. The van der Waals surface area contributed by atoms with Gasteiger partial charge in [-0.2, -0.15) is 0 Å². The number of nitrogens with zero attached hydrogens (tertiary/aromatic N) is 1. The number of hydrazine groups is 1. The highest BCUT2D eigenvalue weighted by Crippen LogP contribution is 2.26. The number of aryl methyl sites for hydroxylation is 1. The lowest BCUT2D eigenvalue weighted by Gasteiger charge is -2.11. The molecule has 0 saturated carbocycles. The first kappa shape index (κ1) is 12.3. The lowest BCUT2D eigenvalue weighted by Crippen LogP contribution is -2.29. The first-order valence-corrected chi connectivity index (χ1v) is 6.93. The molecule has 3 aromatic rings. The molecule has 0 fully saturated rings. The maximum Gasteiger partial charge on any atom is 0.101 e. The second kappa shape index (κ2) is 5.13. The summed E-state index contributed by atoms with van der Waals surface area (Å²) in [5.41, 5.74) is 4.93. The summed E-state index contributed by atoms with van der Waals surface area (Å²) in [5.74, 6) is 6.53. The Labute approximate surface area is 115 Å². The van der Waals surface area contributed by atoms with E-state index in [4.69, 9.17) is 10.3 Å². The third-order valence-electron chi connectivity index (χ3n) is 3.07. The quantitative estimate of drug-likeness (QED) is 0.566. The molecular formula is C14H15N3OS. The maximum absolute atomic E-state index is 5.64. The van der Waals surface area contributed by atoms with E-state index in [0.717, 1.165) is 28.3 Å². The van der Waals surface area contributed by atoms with Gasteiger partial charge in [-0.25, -0.2) is 4.98 Å². The fraction of sp³-hybridized carbons (Fsp3) is 0.214. The van der Waals surface area contributed by atoms with E-state index in [1.165, 1.54) is 4.70 Å². The summed E-state index contributed by atoms with van der Waals surface area (Å²) in [6, 6.07) is 10.2. The van der Waals surface area contributed by atoms with Crippen LogP contribution in [0.4, 0.5) is 0 Å². The van der Waals surface area contributed by atoms with E-state index in [1.54, 1.807) is 17.6 Å².